The topological polar surface area (TPSA) is 55.6 Å². The van der Waals surface area contributed by atoms with E-state index in [1.54, 1.807) is 0 Å². The van der Waals surface area contributed by atoms with Gasteiger partial charge in [-0.3, -0.25) is 0 Å². The van der Waals surface area contributed by atoms with Crippen LogP contribution in [0.25, 0.3) is 0 Å². The molecule has 2 atom stereocenters. The summed E-state index contributed by atoms with van der Waals surface area (Å²) in [6.07, 6.45) is -0.0756. The maximum absolute atomic E-state index is 10.3. The lowest BCUT2D eigenvalue weighted by Gasteiger charge is -2.29. The van der Waals surface area contributed by atoms with Gasteiger partial charge in [-0.05, 0) is 13.8 Å². The van der Waals surface area contributed by atoms with E-state index in [1.807, 2.05) is 13.8 Å². The van der Waals surface area contributed by atoms with Crippen LogP contribution in [0.4, 0.5) is 0 Å². The molecule has 64 valence electrons. The van der Waals surface area contributed by atoms with Crippen LogP contribution in [0.3, 0.4) is 0 Å². The molecule has 1 aliphatic heterocycles. The maximum atomic E-state index is 10.3. The van der Waals surface area contributed by atoms with Crippen LogP contribution in [0.5, 0.6) is 0 Å². The molecule has 11 heavy (non-hydrogen) atoms. The minimum absolute atomic E-state index is 0.0378. The number of morpholine rings is 1. The Morgan fingerprint density at radius 1 is 1.45 bits per heavy atom. The van der Waals surface area contributed by atoms with Crippen molar-refractivity contribution in [2.45, 2.75) is 26.1 Å². The number of nitrogens with zero attached hydrogens (tertiary/aromatic N) is 2. The molecular weight excluding hydrogens is 148 g/mol. The average molecular weight is 160 g/mol. The number of rotatable bonds is 1. The van der Waals surface area contributed by atoms with Crippen molar-refractivity contribution in [3.05, 3.63) is 10.1 Å². The lowest BCUT2D eigenvalue weighted by molar-refractivity contribution is -0.663. The van der Waals surface area contributed by atoms with Crippen LogP contribution in [0.1, 0.15) is 13.8 Å². The second-order valence-electron chi connectivity index (χ2n) is 2.87. The Morgan fingerprint density at radius 3 is 2.27 bits per heavy atom. The van der Waals surface area contributed by atoms with Gasteiger partial charge < -0.3 is 4.74 Å². The molecule has 1 heterocycles. The number of ether oxygens (including phenoxy) is 1. The van der Waals surface area contributed by atoms with Gasteiger partial charge >= 0.3 is 0 Å². The smallest absolute Gasteiger partial charge is 0.160 e. The number of nitro groups is 1. The zero-order chi connectivity index (χ0) is 8.43. The molecule has 0 N–H and O–H groups in total. The van der Waals surface area contributed by atoms with Crippen molar-refractivity contribution >= 4 is 0 Å². The zero-order valence-corrected chi connectivity index (χ0v) is 6.69. The first-order valence-corrected chi connectivity index (χ1v) is 3.64. The van der Waals surface area contributed by atoms with E-state index in [0.717, 1.165) is 0 Å². The minimum atomic E-state index is -0.366. The van der Waals surface area contributed by atoms with Gasteiger partial charge in [-0.2, -0.15) is 0 Å². The van der Waals surface area contributed by atoms with Crippen molar-refractivity contribution < 1.29 is 9.77 Å². The molecule has 0 aromatic rings. The molecule has 0 radical (unpaired) electrons. The highest BCUT2D eigenvalue weighted by molar-refractivity contribution is 4.66. The van der Waals surface area contributed by atoms with E-state index >= 15 is 0 Å². The van der Waals surface area contributed by atoms with Crippen LogP contribution < -0.4 is 0 Å². The second kappa shape index (κ2) is 3.04. The molecule has 2 unspecified atom stereocenters. The quantitative estimate of drug-likeness (QED) is 0.408. The highest BCUT2D eigenvalue weighted by Crippen LogP contribution is 2.09. The maximum Gasteiger partial charge on any atom is 0.160 e. The molecule has 0 spiro atoms. The Labute approximate surface area is 65.1 Å². The summed E-state index contributed by atoms with van der Waals surface area (Å²) in [6, 6.07) is 0. The van der Waals surface area contributed by atoms with Crippen LogP contribution in [0.15, 0.2) is 0 Å². The van der Waals surface area contributed by atoms with Gasteiger partial charge in [0.2, 0.25) is 0 Å². The molecule has 0 aliphatic carbocycles. The minimum Gasteiger partial charge on any atom is -0.371 e. The third-order valence-electron chi connectivity index (χ3n) is 1.63. The Balaban J connectivity index is 2.49. The van der Waals surface area contributed by atoms with Gasteiger partial charge in [0.25, 0.3) is 0 Å². The molecule has 1 fully saturated rings. The standard InChI is InChI=1S/C6H12N2O3/c1-5-3-7(8(9)10)4-6(2)11-5/h5-6H,3-4H2,1-2H3. The largest absolute Gasteiger partial charge is 0.371 e. The van der Waals surface area contributed by atoms with Crippen LogP contribution in [-0.4, -0.2) is 35.3 Å². The highest BCUT2D eigenvalue weighted by atomic mass is 16.7. The van der Waals surface area contributed by atoms with E-state index in [2.05, 4.69) is 0 Å². The Kier molecular flexibility index (Phi) is 2.28. The Hall–Kier alpha value is -0.840. The van der Waals surface area contributed by atoms with E-state index in [-0.39, 0.29) is 17.2 Å². The van der Waals surface area contributed by atoms with E-state index in [4.69, 9.17) is 4.74 Å². The highest BCUT2D eigenvalue weighted by Gasteiger charge is 2.27. The SMILES string of the molecule is CC1CN([N+](=O)[O-])CC(C)O1. The Morgan fingerprint density at radius 2 is 1.91 bits per heavy atom. The van der Waals surface area contributed by atoms with E-state index in [9.17, 15) is 10.1 Å². The molecule has 0 bridgehead atoms. The number of hydrogen-bond donors (Lipinski definition) is 0. The molecule has 5 nitrogen and oxygen atoms in total. The fraction of sp³-hybridized carbons (Fsp3) is 1.00. The van der Waals surface area contributed by atoms with Crippen molar-refractivity contribution in [1.29, 1.82) is 0 Å². The fourth-order valence-corrected chi connectivity index (χ4v) is 1.28. The van der Waals surface area contributed by atoms with Gasteiger partial charge in [0.15, 0.2) is 5.03 Å². The van der Waals surface area contributed by atoms with Crippen LogP contribution in [-0.2, 0) is 4.74 Å². The summed E-state index contributed by atoms with van der Waals surface area (Å²) in [5, 5.41) is 11.1. The van der Waals surface area contributed by atoms with E-state index in [1.165, 1.54) is 5.01 Å². The first kappa shape index (κ1) is 8.26. The molecule has 1 saturated heterocycles. The lowest BCUT2D eigenvalue weighted by atomic mass is 10.3. The third-order valence-corrected chi connectivity index (χ3v) is 1.63. The molecule has 0 aromatic heterocycles. The van der Waals surface area contributed by atoms with Crippen molar-refractivity contribution in [2.24, 2.45) is 0 Å². The molecular formula is C6H12N2O3. The number of hydrogen-bond acceptors (Lipinski definition) is 3. The van der Waals surface area contributed by atoms with Gasteiger partial charge in [0.1, 0.15) is 13.1 Å². The predicted octanol–water partition coefficient (Wildman–Crippen LogP) is 0.287. The average Bonchev–Trinajstić information content (AvgIpc) is 1.85. The van der Waals surface area contributed by atoms with Gasteiger partial charge in [-0.25, -0.2) is 10.1 Å². The third kappa shape index (κ3) is 2.04. The van der Waals surface area contributed by atoms with Gasteiger partial charge in [-0.15, -0.1) is 5.01 Å². The summed E-state index contributed by atoms with van der Waals surface area (Å²) < 4.78 is 5.32. The molecule has 1 aliphatic rings. The summed E-state index contributed by atoms with van der Waals surface area (Å²) in [5.41, 5.74) is 0. The molecule has 0 amide bonds. The molecule has 5 heteroatoms. The van der Waals surface area contributed by atoms with E-state index < -0.39 is 0 Å². The van der Waals surface area contributed by atoms with Gasteiger partial charge in [0.05, 0.1) is 12.2 Å². The monoisotopic (exact) mass is 160 g/mol. The number of hydrazine groups is 1. The predicted molar refractivity (Wildman–Crippen MR) is 38.6 cm³/mol. The van der Waals surface area contributed by atoms with Crippen LogP contribution in [0, 0.1) is 10.1 Å². The summed E-state index contributed by atoms with van der Waals surface area (Å²) in [6.45, 7) is 4.45. The van der Waals surface area contributed by atoms with Crippen molar-refractivity contribution in [3.8, 4) is 0 Å². The van der Waals surface area contributed by atoms with E-state index in [0.29, 0.717) is 13.1 Å². The zero-order valence-electron chi connectivity index (χ0n) is 6.69. The normalized spacial score (nSPS) is 32.0. The van der Waals surface area contributed by atoms with Crippen LogP contribution >= 0.6 is 0 Å². The molecule has 1 rings (SSSR count). The van der Waals surface area contributed by atoms with Gasteiger partial charge in [-0.1, -0.05) is 0 Å². The van der Waals surface area contributed by atoms with Crippen molar-refractivity contribution in [2.75, 3.05) is 13.1 Å². The van der Waals surface area contributed by atoms with Gasteiger partial charge in [0, 0.05) is 0 Å². The summed E-state index contributed by atoms with van der Waals surface area (Å²) in [4.78, 5) is 10.3. The fourth-order valence-electron chi connectivity index (χ4n) is 1.28. The second-order valence-corrected chi connectivity index (χ2v) is 2.87. The van der Waals surface area contributed by atoms with Crippen LogP contribution in [0.2, 0.25) is 0 Å². The first-order chi connectivity index (χ1) is 5.09. The lowest BCUT2D eigenvalue weighted by Crippen LogP contribution is -2.47. The molecule has 0 aromatic carbocycles. The first-order valence-electron chi connectivity index (χ1n) is 3.64. The van der Waals surface area contributed by atoms with Crippen molar-refractivity contribution in [3.63, 3.8) is 0 Å². The molecule has 0 saturated carbocycles. The summed E-state index contributed by atoms with van der Waals surface area (Å²) in [7, 11) is 0. The summed E-state index contributed by atoms with van der Waals surface area (Å²) >= 11 is 0. The summed E-state index contributed by atoms with van der Waals surface area (Å²) in [5.74, 6) is 0. The Bertz CT molecular complexity index is 152. The van der Waals surface area contributed by atoms with Crippen molar-refractivity contribution in [1.82, 2.24) is 5.01 Å².